The molecule has 5 heteroatoms. The van der Waals surface area contributed by atoms with E-state index in [-0.39, 0.29) is 0 Å². The van der Waals surface area contributed by atoms with Crippen LogP contribution in [0.3, 0.4) is 0 Å². The maximum Gasteiger partial charge on any atom is 0.191 e. The van der Waals surface area contributed by atoms with E-state index in [1.54, 1.807) is 0 Å². The fourth-order valence-corrected chi connectivity index (χ4v) is 3.38. The van der Waals surface area contributed by atoms with Gasteiger partial charge in [0.25, 0.3) is 0 Å². The lowest BCUT2D eigenvalue weighted by Crippen LogP contribution is -2.43. The van der Waals surface area contributed by atoms with E-state index in [9.17, 15) is 0 Å². The molecular weight excluding hydrogens is 280 g/mol. The molecule has 0 saturated carbocycles. The summed E-state index contributed by atoms with van der Waals surface area (Å²) in [6, 6.07) is 8.61. The molecular formula is C16H26N4S. The summed E-state index contributed by atoms with van der Waals surface area (Å²) in [7, 11) is 0. The van der Waals surface area contributed by atoms with Crippen molar-refractivity contribution in [2.45, 2.75) is 13.8 Å². The molecule has 1 aromatic carbocycles. The second kappa shape index (κ2) is 8.17. The number of guanidine groups is 1. The molecule has 0 bridgehead atoms. The Bertz CT molecular complexity index is 469. The molecule has 1 heterocycles. The minimum Gasteiger partial charge on any atom is -0.370 e. The third-order valence-electron chi connectivity index (χ3n) is 3.73. The molecule has 21 heavy (non-hydrogen) atoms. The predicted molar refractivity (Wildman–Crippen MR) is 94.5 cm³/mol. The van der Waals surface area contributed by atoms with Gasteiger partial charge in [-0.2, -0.15) is 11.8 Å². The summed E-state index contributed by atoms with van der Waals surface area (Å²) in [4.78, 5) is 9.09. The molecule has 1 aromatic rings. The van der Waals surface area contributed by atoms with Crippen LogP contribution < -0.4 is 10.6 Å². The lowest BCUT2D eigenvalue weighted by molar-refractivity contribution is 0.456. The maximum atomic E-state index is 6.09. The number of nitrogens with zero attached hydrogens (tertiary/aromatic N) is 3. The first kappa shape index (κ1) is 16.0. The van der Waals surface area contributed by atoms with Crippen LogP contribution in [0.2, 0.25) is 0 Å². The second-order valence-electron chi connectivity index (χ2n) is 5.26. The lowest BCUT2D eigenvalue weighted by atomic mass is 10.2. The van der Waals surface area contributed by atoms with Gasteiger partial charge in [0, 0.05) is 43.4 Å². The topological polar surface area (TPSA) is 44.9 Å². The molecule has 0 unspecified atom stereocenters. The van der Waals surface area contributed by atoms with Gasteiger partial charge < -0.3 is 15.5 Å². The summed E-state index contributed by atoms with van der Waals surface area (Å²) in [5, 5.41) is 0. The smallest absolute Gasteiger partial charge is 0.191 e. The number of likely N-dealkylation sites (N-methyl/N-ethyl adjacent to an activating group) is 1. The van der Waals surface area contributed by atoms with Gasteiger partial charge in [-0.3, -0.25) is 4.99 Å². The molecule has 1 aliphatic rings. The second-order valence-corrected chi connectivity index (χ2v) is 6.48. The molecule has 2 rings (SSSR count). The minimum atomic E-state index is 0.704. The molecule has 4 nitrogen and oxygen atoms in total. The standard InChI is InChI=1S/C16H26N4S/c1-3-19(15-6-4-5-14(2)13-15)8-7-18-16(17)20-9-11-21-12-10-20/h4-6,13H,3,7-12H2,1-2H3,(H2,17,18). The Kier molecular flexibility index (Phi) is 6.23. The number of benzene rings is 1. The van der Waals surface area contributed by atoms with Gasteiger partial charge >= 0.3 is 0 Å². The van der Waals surface area contributed by atoms with Crippen molar-refractivity contribution in [3.05, 3.63) is 29.8 Å². The van der Waals surface area contributed by atoms with Crippen molar-refractivity contribution < 1.29 is 0 Å². The van der Waals surface area contributed by atoms with Crippen LogP contribution in [-0.4, -0.2) is 55.1 Å². The molecule has 2 N–H and O–H groups in total. The Morgan fingerprint density at radius 1 is 1.38 bits per heavy atom. The number of hydrogen-bond acceptors (Lipinski definition) is 3. The van der Waals surface area contributed by atoms with Crippen molar-refractivity contribution in [3.8, 4) is 0 Å². The predicted octanol–water partition coefficient (Wildman–Crippen LogP) is 2.18. The number of anilines is 1. The average Bonchev–Trinajstić information content (AvgIpc) is 2.52. The van der Waals surface area contributed by atoms with E-state index in [0.29, 0.717) is 5.96 Å². The van der Waals surface area contributed by atoms with Crippen molar-refractivity contribution >= 4 is 23.4 Å². The van der Waals surface area contributed by atoms with Crippen molar-refractivity contribution in [3.63, 3.8) is 0 Å². The largest absolute Gasteiger partial charge is 0.370 e. The highest BCUT2D eigenvalue weighted by Gasteiger charge is 2.12. The number of aliphatic imine (C=N–C) groups is 1. The van der Waals surface area contributed by atoms with Crippen LogP contribution in [0.1, 0.15) is 12.5 Å². The van der Waals surface area contributed by atoms with E-state index in [2.05, 4.69) is 52.9 Å². The summed E-state index contributed by atoms with van der Waals surface area (Å²) >= 11 is 1.99. The number of nitrogens with two attached hydrogens (primary N) is 1. The average molecular weight is 306 g/mol. The lowest BCUT2D eigenvalue weighted by Gasteiger charge is -2.27. The number of hydrogen-bond donors (Lipinski definition) is 1. The number of thioether (sulfide) groups is 1. The van der Waals surface area contributed by atoms with Crippen LogP contribution in [0.4, 0.5) is 5.69 Å². The zero-order valence-electron chi connectivity index (χ0n) is 13.1. The van der Waals surface area contributed by atoms with E-state index in [4.69, 9.17) is 5.73 Å². The monoisotopic (exact) mass is 306 g/mol. The van der Waals surface area contributed by atoms with Crippen LogP contribution in [0, 0.1) is 6.92 Å². The van der Waals surface area contributed by atoms with E-state index < -0.39 is 0 Å². The normalized spacial score (nSPS) is 16.1. The van der Waals surface area contributed by atoms with E-state index in [0.717, 1.165) is 44.2 Å². The van der Waals surface area contributed by atoms with Crippen LogP contribution in [0.25, 0.3) is 0 Å². The quantitative estimate of drug-likeness (QED) is 0.669. The van der Waals surface area contributed by atoms with Crippen molar-refractivity contribution in [1.29, 1.82) is 0 Å². The van der Waals surface area contributed by atoms with Crippen molar-refractivity contribution in [1.82, 2.24) is 4.90 Å². The first-order valence-corrected chi connectivity index (χ1v) is 8.80. The van der Waals surface area contributed by atoms with Gasteiger partial charge in [0.15, 0.2) is 5.96 Å². The molecule has 0 aliphatic carbocycles. The number of rotatable bonds is 5. The molecule has 1 fully saturated rings. The van der Waals surface area contributed by atoms with Crippen molar-refractivity contribution in [2.24, 2.45) is 10.7 Å². The molecule has 0 spiro atoms. The molecule has 1 saturated heterocycles. The molecule has 0 radical (unpaired) electrons. The van der Waals surface area contributed by atoms with Gasteiger partial charge in [-0.05, 0) is 31.5 Å². The summed E-state index contributed by atoms with van der Waals surface area (Å²) in [5.41, 5.74) is 8.64. The highest BCUT2D eigenvalue weighted by Crippen LogP contribution is 2.15. The summed E-state index contributed by atoms with van der Waals surface area (Å²) in [6.45, 7) is 8.99. The molecule has 0 amide bonds. The van der Waals surface area contributed by atoms with Gasteiger partial charge in [-0.25, -0.2) is 0 Å². The molecule has 0 atom stereocenters. The van der Waals surface area contributed by atoms with Crippen LogP contribution >= 0.6 is 11.8 Å². The Hall–Kier alpha value is -1.36. The Morgan fingerprint density at radius 2 is 2.14 bits per heavy atom. The van der Waals surface area contributed by atoms with Gasteiger partial charge in [0.1, 0.15) is 0 Å². The highest BCUT2D eigenvalue weighted by atomic mass is 32.2. The third kappa shape index (κ3) is 4.84. The fraction of sp³-hybridized carbons (Fsp3) is 0.562. The molecule has 0 aromatic heterocycles. The Balaban J connectivity index is 1.88. The zero-order chi connectivity index (χ0) is 15.1. The Morgan fingerprint density at radius 3 is 2.81 bits per heavy atom. The minimum absolute atomic E-state index is 0.704. The van der Waals surface area contributed by atoms with Gasteiger partial charge in [-0.15, -0.1) is 0 Å². The van der Waals surface area contributed by atoms with Crippen LogP contribution in [-0.2, 0) is 0 Å². The number of aryl methyl sites for hydroxylation is 1. The highest BCUT2D eigenvalue weighted by molar-refractivity contribution is 7.99. The molecule has 1 aliphatic heterocycles. The third-order valence-corrected chi connectivity index (χ3v) is 4.67. The summed E-state index contributed by atoms with van der Waals surface area (Å²) in [5.74, 6) is 3.01. The van der Waals surface area contributed by atoms with E-state index >= 15 is 0 Å². The first-order chi connectivity index (χ1) is 10.2. The van der Waals surface area contributed by atoms with E-state index in [1.165, 1.54) is 11.3 Å². The first-order valence-electron chi connectivity index (χ1n) is 7.65. The summed E-state index contributed by atoms with van der Waals surface area (Å²) < 4.78 is 0. The van der Waals surface area contributed by atoms with Crippen molar-refractivity contribution in [2.75, 3.05) is 49.1 Å². The molecule has 116 valence electrons. The van der Waals surface area contributed by atoms with Gasteiger partial charge in [0.05, 0.1) is 6.54 Å². The SMILES string of the molecule is CCN(CCN=C(N)N1CCSCC1)c1cccc(C)c1. The van der Waals surface area contributed by atoms with E-state index in [1.807, 2.05) is 11.8 Å². The summed E-state index contributed by atoms with van der Waals surface area (Å²) in [6.07, 6.45) is 0. The maximum absolute atomic E-state index is 6.09. The van der Waals surface area contributed by atoms with Crippen LogP contribution in [0.5, 0.6) is 0 Å². The van der Waals surface area contributed by atoms with Gasteiger partial charge in [-0.1, -0.05) is 12.1 Å². The van der Waals surface area contributed by atoms with Gasteiger partial charge in [0.2, 0.25) is 0 Å². The fourth-order valence-electron chi connectivity index (χ4n) is 2.47. The zero-order valence-corrected chi connectivity index (χ0v) is 13.9. The Labute approximate surface area is 132 Å². The van der Waals surface area contributed by atoms with Crippen LogP contribution in [0.15, 0.2) is 29.3 Å².